The molecule has 1 N–H and O–H groups in total. The van der Waals surface area contributed by atoms with E-state index in [1.807, 2.05) is 19.1 Å². The van der Waals surface area contributed by atoms with E-state index in [1.54, 1.807) is 0 Å². The molecule has 4 nitrogen and oxygen atoms in total. The van der Waals surface area contributed by atoms with E-state index in [-0.39, 0.29) is 24.8 Å². The number of hydrogen-bond acceptors (Lipinski definition) is 4. The first-order valence-electron chi connectivity index (χ1n) is 10.0. The molecule has 1 aliphatic rings. The standard InChI is InChI=1S/C23H32N2O2.2ClH/c1-3-27-22-11-9-21(10-12-22)24(2)16-13-23(26)14-17-25(18-15-23)19-20-7-5-4-6-8-20;;/h4-12,26H,3,13-19H2,1-2H3;2*1H. The lowest BCUT2D eigenvalue weighted by molar-refractivity contribution is -0.0275. The molecule has 6 heteroatoms. The van der Waals surface area contributed by atoms with Gasteiger partial charge in [0.25, 0.3) is 0 Å². The molecule has 2 aromatic carbocycles. The Morgan fingerprint density at radius 3 is 2.21 bits per heavy atom. The van der Waals surface area contributed by atoms with Crippen molar-refractivity contribution in [2.75, 3.05) is 38.2 Å². The summed E-state index contributed by atoms with van der Waals surface area (Å²) in [6.45, 7) is 6.41. The predicted molar refractivity (Wildman–Crippen MR) is 126 cm³/mol. The SMILES string of the molecule is CCOc1ccc(N(C)CCC2(O)CCN(Cc3ccccc3)CC2)cc1.Cl.Cl. The molecule has 0 aliphatic carbocycles. The Bertz CT molecular complexity index is 690. The molecular formula is C23H34Cl2N2O2. The number of aliphatic hydroxyl groups is 1. The van der Waals surface area contributed by atoms with Crippen LogP contribution in [0.3, 0.4) is 0 Å². The van der Waals surface area contributed by atoms with E-state index in [1.165, 1.54) is 5.56 Å². The predicted octanol–water partition coefficient (Wildman–Crippen LogP) is 4.78. The second-order valence-electron chi connectivity index (χ2n) is 7.58. The Balaban J connectivity index is 0.00000210. The molecule has 3 rings (SSSR count). The Kier molecular flexibility index (Phi) is 10.8. The van der Waals surface area contributed by atoms with Gasteiger partial charge in [0.2, 0.25) is 0 Å². The van der Waals surface area contributed by atoms with Gasteiger partial charge in [-0.05, 0) is 56.0 Å². The quantitative estimate of drug-likeness (QED) is 0.640. The summed E-state index contributed by atoms with van der Waals surface area (Å²) in [7, 11) is 2.09. The van der Waals surface area contributed by atoms with Crippen LogP contribution in [0.1, 0.15) is 31.7 Å². The molecule has 0 radical (unpaired) electrons. The van der Waals surface area contributed by atoms with Crippen molar-refractivity contribution in [3.63, 3.8) is 0 Å². The molecule has 0 aromatic heterocycles. The van der Waals surface area contributed by atoms with Crippen molar-refractivity contribution in [2.24, 2.45) is 0 Å². The number of halogens is 2. The minimum atomic E-state index is -0.549. The summed E-state index contributed by atoms with van der Waals surface area (Å²) < 4.78 is 5.50. The number of piperidine rings is 1. The smallest absolute Gasteiger partial charge is 0.119 e. The van der Waals surface area contributed by atoms with Gasteiger partial charge in [-0.3, -0.25) is 4.90 Å². The molecular weight excluding hydrogens is 407 g/mol. The second kappa shape index (κ2) is 12.3. The molecule has 1 saturated heterocycles. The molecule has 0 saturated carbocycles. The lowest BCUT2D eigenvalue weighted by Crippen LogP contribution is -2.45. The molecule has 1 fully saturated rings. The molecule has 2 aromatic rings. The van der Waals surface area contributed by atoms with Crippen molar-refractivity contribution in [1.82, 2.24) is 4.90 Å². The summed E-state index contributed by atoms with van der Waals surface area (Å²) in [6, 6.07) is 18.8. The van der Waals surface area contributed by atoms with E-state index >= 15 is 0 Å². The zero-order chi connectivity index (χ0) is 19.1. The molecule has 0 amide bonds. The van der Waals surface area contributed by atoms with Crippen LogP contribution in [-0.4, -0.2) is 48.9 Å². The third-order valence-electron chi connectivity index (χ3n) is 5.54. The third kappa shape index (κ3) is 7.71. The van der Waals surface area contributed by atoms with Crippen LogP contribution in [0.2, 0.25) is 0 Å². The second-order valence-corrected chi connectivity index (χ2v) is 7.58. The highest BCUT2D eigenvalue weighted by atomic mass is 35.5. The molecule has 0 atom stereocenters. The summed E-state index contributed by atoms with van der Waals surface area (Å²) in [5.74, 6) is 0.902. The highest BCUT2D eigenvalue weighted by Gasteiger charge is 2.32. The van der Waals surface area contributed by atoms with Gasteiger partial charge in [0.15, 0.2) is 0 Å². The maximum absolute atomic E-state index is 11.0. The van der Waals surface area contributed by atoms with E-state index in [0.717, 1.165) is 56.9 Å². The maximum atomic E-state index is 11.0. The number of hydrogen-bond donors (Lipinski definition) is 1. The number of likely N-dealkylation sites (tertiary alicyclic amines) is 1. The van der Waals surface area contributed by atoms with Gasteiger partial charge in [0.05, 0.1) is 12.2 Å². The van der Waals surface area contributed by atoms with E-state index in [0.29, 0.717) is 6.61 Å². The van der Waals surface area contributed by atoms with Gasteiger partial charge in [0, 0.05) is 38.9 Å². The van der Waals surface area contributed by atoms with Gasteiger partial charge in [0.1, 0.15) is 5.75 Å². The highest BCUT2D eigenvalue weighted by molar-refractivity contribution is 5.85. The Hall–Kier alpha value is -1.46. The monoisotopic (exact) mass is 440 g/mol. The Morgan fingerprint density at radius 2 is 1.62 bits per heavy atom. The van der Waals surface area contributed by atoms with Gasteiger partial charge in [-0.15, -0.1) is 24.8 Å². The lowest BCUT2D eigenvalue weighted by Gasteiger charge is -2.39. The minimum absolute atomic E-state index is 0. The first kappa shape index (κ1) is 25.6. The van der Waals surface area contributed by atoms with Gasteiger partial charge in [-0.1, -0.05) is 30.3 Å². The summed E-state index contributed by atoms with van der Waals surface area (Å²) >= 11 is 0. The first-order chi connectivity index (χ1) is 13.1. The van der Waals surface area contributed by atoms with Crippen LogP contribution in [0.15, 0.2) is 54.6 Å². The summed E-state index contributed by atoms with van der Waals surface area (Å²) in [5.41, 5.74) is 1.95. The lowest BCUT2D eigenvalue weighted by atomic mass is 9.88. The first-order valence-corrected chi connectivity index (χ1v) is 10.0. The number of rotatable bonds is 8. The normalized spacial score (nSPS) is 15.7. The van der Waals surface area contributed by atoms with Crippen LogP contribution >= 0.6 is 24.8 Å². The van der Waals surface area contributed by atoms with Crippen LogP contribution in [0.4, 0.5) is 5.69 Å². The van der Waals surface area contributed by atoms with E-state index in [4.69, 9.17) is 4.74 Å². The van der Waals surface area contributed by atoms with Crippen LogP contribution in [0.5, 0.6) is 5.75 Å². The summed E-state index contributed by atoms with van der Waals surface area (Å²) in [4.78, 5) is 4.66. The van der Waals surface area contributed by atoms with Crippen LogP contribution in [0.25, 0.3) is 0 Å². The summed E-state index contributed by atoms with van der Waals surface area (Å²) in [5, 5.41) is 11.0. The fraction of sp³-hybridized carbons (Fsp3) is 0.478. The van der Waals surface area contributed by atoms with E-state index in [9.17, 15) is 5.11 Å². The Morgan fingerprint density at radius 1 is 1.00 bits per heavy atom. The van der Waals surface area contributed by atoms with Gasteiger partial charge in [-0.25, -0.2) is 0 Å². The average molecular weight is 441 g/mol. The molecule has 0 bridgehead atoms. The van der Waals surface area contributed by atoms with Crippen molar-refractivity contribution in [3.05, 3.63) is 60.2 Å². The van der Waals surface area contributed by atoms with Crippen LogP contribution < -0.4 is 9.64 Å². The third-order valence-corrected chi connectivity index (χ3v) is 5.54. The topological polar surface area (TPSA) is 35.9 Å². The molecule has 0 spiro atoms. The van der Waals surface area contributed by atoms with Crippen molar-refractivity contribution >= 4 is 30.5 Å². The molecule has 0 unspecified atom stereocenters. The Labute approximate surface area is 187 Å². The fourth-order valence-corrected chi connectivity index (χ4v) is 3.69. The number of benzene rings is 2. The van der Waals surface area contributed by atoms with Gasteiger partial charge >= 0.3 is 0 Å². The van der Waals surface area contributed by atoms with Gasteiger partial charge in [-0.2, -0.15) is 0 Å². The highest BCUT2D eigenvalue weighted by Crippen LogP contribution is 2.28. The molecule has 1 aliphatic heterocycles. The van der Waals surface area contributed by atoms with E-state index in [2.05, 4.69) is 59.3 Å². The maximum Gasteiger partial charge on any atom is 0.119 e. The number of ether oxygens (including phenoxy) is 1. The van der Waals surface area contributed by atoms with Crippen LogP contribution in [0, 0.1) is 0 Å². The van der Waals surface area contributed by atoms with Crippen molar-refractivity contribution in [2.45, 2.75) is 38.3 Å². The minimum Gasteiger partial charge on any atom is -0.494 e. The number of nitrogens with zero attached hydrogens (tertiary/aromatic N) is 2. The van der Waals surface area contributed by atoms with Crippen molar-refractivity contribution < 1.29 is 9.84 Å². The van der Waals surface area contributed by atoms with Crippen molar-refractivity contribution in [3.8, 4) is 5.75 Å². The molecule has 162 valence electrons. The summed E-state index contributed by atoms with van der Waals surface area (Å²) in [6.07, 6.45) is 2.49. The number of anilines is 1. The molecule has 1 heterocycles. The fourth-order valence-electron chi connectivity index (χ4n) is 3.69. The largest absolute Gasteiger partial charge is 0.494 e. The van der Waals surface area contributed by atoms with Crippen molar-refractivity contribution in [1.29, 1.82) is 0 Å². The van der Waals surface area contributed by atoms with Crippen LogP contribution in [-0.2, 0) is 6.54 Å². The molecule has 29 heavy (non-hydrogen) atoms. The zero-order valence-electron chi connectivity index (χ0n) is 17.4. The zero-order valence-corrected chi connectivity index (χ0v) is 19.1. The average Bonchev–Trinajstić information content (AvgIpc) is 2.70. The van der Waals surface area contributed by atoms with E-state index < -0.39 is 5.60 Å². The van der Waals surface area contributed by atoms with Gasteiger partial charge < -0.3 is 14.7 Å².